The van der Waals surface area contributed by atoms with Gasteiger partial charge >= 0.3 is 0 Å². The van der Waals surface area contributed by atoms with Crippen LogP contribution in [0.15, 0.2) is 35.7 Å². The Labute approximate surface area is 148 Å². The maximum atomic E-state index is 12.6. The highest BCUT2D eigenvalue weighted by atomic mass is 32.1. The van der Waals surface area contributed by atoms with Crippen molar-refractivity contribution in [1.29, 1.82) is 0 Å². The summed E-state index contributed by atoms with van der Waals surface area (Å²) in [6.07, 6.45) is 3.15. The van der Waals surface area contributed by atoms with Crippen LogP contribution in [-0.4, -0.2) is 42.5 Å². The Morgan fingerprint density at radius 1 is 1.38 bits per heavy atom. The van der Waals surface area contributed by atoms with Crippen LogP contribution >= 0.6 is 11.3 Å². The highest BCUT2D eigenvalue weighted by Crippen LogP contribution is 2.24. The molecule has 1 saturated heterocycles. The second kappa shape index (κ2) is 7.79. The van der Waals surface area contributed by atoms with Crippen molar-refractivity contribution >= 4 is 22.9 Å². The zero-order valence-electron chi connectivity index (χ0n) is 14.4. The molecular formula is C19H25N3OS. The fourth-order valence-electron chi connectivity index (χ4n) is 3.26. The molecule has 1 fully saturated rings. The average molecular weight is 343 g/mol. The maximum absolute atomic E-state index is 12.6. The lowest BCUT2D eigenvalue weighted by Gasteiger charge is -2.22. The molecule has 2 heterocycles. The van der Waals surface area contributed by atoms with E-state index in [0.717, 1.165) is 43.9 Å². The van der Waals surface area contributed by atoms with Crippen LogP contribution in [0.2, 0.25) is 0 Å². The number of carbonyl (C=O) groups is 1. The molecular weight excluding hydrogens is 318 g/mol. The monoisotopic (exact) mass is 343 g/mol. The number of aromatic nitrogens is 1. The summed E-state index contributed by atoms with van der Waals surface area (Å²) >= 11 is 1.59. The fraction of sp³-hybridized carbons (Fsp3) is 0.474. The van der Waals surface area contributed by atoms with Gasteiger partial charge in [0.1, 0.15) is 5.69 Å². The number of aryl methyl sites for hydroxylation is 1. The minimum atomic E-state index is 0.0479. The molecule has 1 amide bonds. The Morgan fingerprint density at radius 3 is 2.92 bits per heavy atom. The molecule has 1 aromatic heterocycles. The third-order valence-corrected chi connectivity index (χ3v) is 5.43. The van der Waals surface area contributed by atoms with Gasteiger partial charge < -0.3 is 9.80 Å². The quantitative estimate of drug-likeness (QED) is 0.802. The van der Waals surface area contributed by atoms with Crippen LogP contribution < -0.4 is 4.90 Å². The molecule has 2 aromatic rings. The number of anilines is 1. The van der Waals surface area contributed by atoms with Gasteiger partial charge in [-0.1, -0.05) is 25.1 Å². The SMILES string of the molecule is CCCc1nc(C(=O)N(C)C[C@@H]2CCN(c3ccccc3)C2)cs1. The Hall–Kier alpha value is -1.88. The molecule has 0 bridgehead atoms. The first-order valence-corrected chi connectivity index (χ1v) is 9.55. The first kappa shape index (κ1) is 17.0. The molecule has 0 unspecified atom stereocenters. The molecule has 0 spiro atoms. The Morgan fingerprint density at radius 2 is 2.17 bits per heavy atom. The number of thiazole rings is 1. The number of hydrogen-bond donors (Lipinski definition) is 0. The van der Waals surface area contributed by atoms with Gasteiger partial charge in [0.15, 0.2) is 0 Å². The molecule has 5 heteroatoms. The molecule has 1 aromatic carbocycles. The smallest absolute Gasteiger partial charge is 0.273 e. The standard InChI is InChI=1S/C19H25N3OS/c1-3-7-18-20-17(14-24-18)19(23)21(2)12-15-10-11-22(13-15)16-8-5-4-6-9-16/h4-6,8-9,14-15H,3,7,10-13H2,1-2H3/t15-/m0/s1. The van der Waals surface area contributed by atoms with Crippen LogP contribution in [0.3, 0.4) is 0 Å². The lowest BCUT2D eigenvalue weighted by atomic mass is 10.1. The van der Waals surface area contributed by atoms with Crippen molar-refractivity contribution in [2.24, 2.45) is 5.92 Å². The fourth-order valence-corrected chi connectivity index (χ4v) is 4.13. The molecule has 1 atom stereocenters. The van der Waals surface area contributed by atoms with Crippen molar-refractivity contribution in [3.63, 3.8) is 0 Å². The number of para-hydroxylation sites is 1. The second-order valence-electron chi connectivity index (χ2n) is 6.50. The van der Waals surface area contributed by atoms with E-state index in [-0.39, 0.29) is 5.91 Å². The van der Waals surface area contributed by atoms with Crippen molar-refractivity contribution in [2.45, 2.75) is 26.2 Å². The average Bonchev–Trinajstić information content (AvgIpc) is 3.25. The van der Waals surface area contributed by atoms with E-state index in [9.17, 15) is 4.79 Å². The third-order valence-electron chi connectivity index (χ3n) is 4.52. The molecule has 3 rings (SSSR count). The van der Waals surface area contributed by atoms with E-state index in [2.05, 4.69) is 41.1 Å². The van der Waals surface area contributed by atoms with E-state index in [1.165, 1.54) is 5.69 Å². The number of hydrogen-bond acceptors (Lipinski definition) is 4. The van der Waals surface area contributed by atoms with Crippen molar-refractivity contribution < 1.29 is 4.79 Å². The van der Waals surface area contributed by atoms with Gasteiger partial charge in [-0.3, -0.25) is 4.79 Å². The van der Waals surface area contributed by atoms with E-state index in [4.69, 9.17) is 0 Å². The molecule has 1 aliphatic heterocycles. The van der Waals surface area contributed by atoms with Crippen LogP contribution in [0.4, 0.5) is 5.69 Å². The largest absolute Gasteiger partial charge is 0.371 e. The number of rotatable bonds is 6. The van der Waals surface area contributed by atoms with Crippen LogP contribution in [0.25, 0.3) is 0 Å². The van der Waals surface area contributed by atoms with Crippen LogP contribution in [0, 0.1) is 5.92 Å². The summed E-state index contributed by atoms with van der Waals surface area (Å²) in [5.41, 5.74) is 1.88. The van der Waals surface area contributed by atoms with Crippen LogP contribution in [-0.2, 0) is 6.42 Å². The van der Waals surface area contributed by atoms with Crippen molar-refractivity contribution in [3.8, 4) is 0 Å². The summed E-state index contributed by atoms with van der Waals surface area (Å²) in [5.74, 6) is 0.569. The number of carbonyl (C=O) groups excluding carboxylic acids is 1. The zero-order valence-corrected chi connectivity index (χ0v) is 15.3. The van der Waals surface area contributed by atoms with Crippen molar-refractivity contribution in [3.05, 3.63) is 46.4 Å². The summed E-state index contributed by atoms with van der Waals surface area (Å²) in [7, 11) is 1.90. The lowest BCUT2D eigenvalue weighted by molar-refractivity contribution is 0.0771. The molecule has 4 nitrogen and oxygen atoms in total. The van der Waals surface area contributed by atoms with Gasteiger partial charge in [0, 0.05) is 37.7 Å². The molecule has 0 N–H and O–H groups in total. The number of nitrogens with zero attached hydrogens (tertiary/aromatic N) is 3. The third kappa shape index (κ3) is 3.96. The molecule has 0 saturated carbocycles. The summed E-state index contributed by atoms with van der Waals surface area (Å²) < 4.78 is 0. The highest BCUT2D eigenvalue weighted by Gasteiger charge is 2.26. The molecule has 24 heavy (non-hydrogen) atoms. The Balaban J connectivity index is 1.55. The molecule has 1 aliphatic rings. The first-order chi connectivity index (χ1) is 11.7. The Bertz CT molecular complexity index is 670. The van der Waals surface area contributed by atoms with Gasteiger partial charge in [-0.05, 0) is 37.3 Å². The van der Waals surface area contributed by atoms with E-state index in [0.29, 0.717) is 11.6 Å². The van der Waals surface area contributed by atoms with Gasteiger partial charge in [-0.2, -0.15) is 0 Å². The predicted molar refractivity (Wildman–Crippen MR) is 99.8 cm³/mol. The van der Waals surface area contributed by atoms with Gasteiger partial charge in [0.2, 0.25) is 0 Å². The molecule has 0 aliphatic carbocycles. The minimum absolute atomic E-state index is 0.0479. The highest BCUT2D eigenvalue weighted by molar-refractivity contribution is 7.09. The topological polar surface area (TPSA) is 36.4 Å². The van der Waals surface area contributed by atoms with Gasteiger partial charge in [-0.15, -0.1) is 11.3 Å². The van der Waals surface area contributed by atoms with Crippen molar-refractivity contribution in [1.82, 2.24) is 9.88 Å². The molecule has 0 radical (unpaired) electrons. The first-order valence-electron chi connectivity index (χ1n) is 8.67. The van der Waals surface area contributed by atoms with E-state index in [1.54, 1.807) is 11.3 Å². The van der Waals surface area contributed by atoms with Gasteiger partial charge in [0.25, 0.3) is 5.91 Å². The summed E-state index contributed by atoms with van der Waals surface area (Å²) in [6.45, 7) is 5.00. The summed E-state index contributed by atoms with van der Waals surface area (Å²) in [5, 5.41) is 2.96. The van der Waals surface area contributed by atoms with E-state index < -0.39 is 0 Å². The van der Waals surface area contributed by atoms with E-state index in [1.807, 2.05) is 23.4 Å². The predicted octanol–water partition coefficient (Wildman–Crippen LogP) is 3.69. The Kier molecular flexibility index (Phi) is 5.51. The number of benzene rings is 1. The number of amides is 1. The normalized spacial score (nSPS) is 17.2. The van der Waals surface area contributed by atoms with Crippen LogP contribution in [0.5, 0.6) is 0 Å². The summed E-state index contributed by atoms with van der Waals surface area (Å²) in [4.78, 5) is 21.3. The summed E-state index contributed by atoms with van der Waals surface area (Å²) in [6, 6.07) is 10.5. The van der Waals surface area contributed by atoms with Gasteiger partial charge in [0.05, 0.1) is 5.01 Å². The van der Waals surface area contributed by atoms with Crippen molar-refractivity contribution in [2.75, 3.05) is 31.6 Å². The van der Waals surface area contributed by atoms with Crippen LogP contribution in [0.1, 0.15) is 35.3 Å². The molecule has 128 valence electrons. The lowest BCUT2D eigenvalue weighted by Crippen LogP contribution is -2.33. The van der Waals surface area contributed by atoms with Gasteiger partial charge in [-0.25, -0.2) is 4.98 Å². The zero-order chi connectivity index (χ0) is 16.9. The second-order valence-corrected chi connectivity index (χ2v) is 7.44. The van der Waals surface area contributed by atoms with E-state index >= 15 is 0 Å². The minimum Gasteiger partial charge on any atom is -0.371 e. The maximum Gasteiger partial charge on any atom is 0.273 e.